The van der Waals surface area contributed by atoms with Crippen LogP contribution in [0.4, 0.5) is 0 Å². The van der Waals surface area contributed by atoms with E-state index in [0.29, 0.717) is 24.0 Å². The van der Waals surface area contributed by atoms with Crippen LogP contribution < -0.4 is 11.1 Å². The Bertz CT molecular complexity index is 231. The number of nitrogens with two attached hydrogens (primary N) is 1. The van der Waals surface area contributed by atoms with Crippen LogP contribution in [0.15, 0.2) is 0 Å². The smallest absolute Gasteiger partial charge is 0.234 e. The Morgan fingerprint density at radius 2 is 1.93 bits per heavy atom. The van der Waals surface area contributed by atoms with Crippen molar-refractivity contribution < 1.29 is 4.79 Å². The second-order valence-corrected chi connectivity index (χ2v) is 4.76. The second-order valence-electron chi connectivity index (χ2n) is 4.24. The van der Waals surface area contributed by atoms with Gasteiger partial charge in [-0.05, 0) is 19.9 Å². The Kier molecular flexibility index (Phi) is 6.43. The molecule has 0 heterocycles. The number of hydrogen-bond donors (Lipinski definition) is 2. The molecule has 0 rings (SSSR count). The van der Waals surface area contributed by atoms with Gasteiger partial charge in [-0.15, -0.1) is 0 Å². The fraction of sp³-hybridized carbons (Fsp3) is 0.800. The monoisotopic (exact) mass is 231 g/mol. The molecule has 3 N–H and O–H groups in total. The van der Waals surface area contributed by atoms with Gasteiger partial charge in [-0.1, -0.05) is 26.1 Å². The number of carbonyl (C=O) groups is 1. The zero-order chi connectivity index (χ0) is 12.0. The summed E-state index contributed by atoms with van der Waals surface area (Å²) in [5.74, 6) is 0.449. The molecule has 1 atom stereocenters. The summed E-state index contributed by atoms with van der Waals surface area (Å²) in [6.45, 7) is 6.94. The van der Waals surface area contributed by atoms with E-state index in [-0.39, 0.29) is 11.9 Å². The summed E-state index contributed by atoms with van der Waals surface area (Å²) in [7, 11) is 1.82. The summed E-state index contributed by atoms with van der Waals surface area (Å²) in [6, 6.07) is 0.190. The Morgan fingerprint density at radius 1 is 1.40 bits per heavy atom. The molecule has 88 valence electrons. The molecular formula is C10H21N3OS. The third-order valence-corrected chi connectivity index (χ3v) is 2.36. The van der Waals surface area contributed by atoms with Crippen LogP contribution in [0.25, 0.3) is 0 Å². The first-order valence-electron chi connectivity index (χ1n) is 5.09. The van der Waals surface area contributed by atoms with Gasteiger partial charge in [0.05, 0.1) is 11.5 Å². The van der Waals surface area contributed by atoms with Crippen molar-refractivity contribution in [1.29, 1.82) is 0 Å². The zero-order valence-corrected chi connectivity index (χ0v) is 10.7. The maximum atomic E-state index is 11.5. The standard InChI is InChI=1S/C10H21N3OS/c1-7(2)8(3)12-10(14)6-13(4)5-9(11)15/h7-8H,5-6H2,1-4H3,(H2,11,15)(H,12,14). The van der Waals surface area contributed by atoms with E-state index in [4.69, 9.17) is 18.0 Å². The lowest BCUT2D eigenvalue weighted by Gasteiger charge is -2.20. The fourth-order valence-corrected chi connectivity index (χ4v) is 1.25. The van der Waals surface area contributed by atoms with Gasteiger partial charge in [0.2, 0.25) is 5.91 Å². The first-order valence-corrected chi connectivity index (χ1v) is 5.50. The van der Waals surface area contributed by atoms with Crippen LogP contribution in [-0.4, -0.2) is 42.0 Å². The predicted molar refractivity (Wildman–Crippen MR) is 66.7 cm³/mol. The molecule has 0 aromatic carbocycles. The molecule has 5 heteroatoms. The molecule has 1 unspecified atom stereocenters. The molecule has 0 fully saturated rings. The van der Waals surface area contributed by atoms with Crippen LogP contribution in [0.3, 0.4) is 0 Å². The van der Waals surface area contributed by atoms with Gasteiger partial charge in [-0.2, -0.15) is 0 Å². The third kappa shape index (κ3) is 7.27. The fourth-order valence-electron chi connectivity index (χ4n) is 1.03. The molecule has 0 aromatic rings. The van der Waals surface area contributed by atoms with Gasteiger partial charge in [-0.3, -0.25) is 9.69 Å². The summed E-state index contributed by atoms with van der Waals surface area (Å²) in [4.78, 5) is 13.7. The van der Waals surface area contributed by atoms with Gasteiger partial charge < -0.3 is 11.1 Å². The normalized spacial score (nSPS) is 12.9. The van der Waals surface area contributed by atoms with Crippen molar-refractivity contribution in [2.24, 2.45) is 11.7 Å². The molecule has 4 nitrogen and oxygen atoms in total. The number of carbonyl (C=O) groups excluding carboxylic acids is 1. The van der Waals surface area contributed by atoms with E-state index in [1.807, 2.05) is 14.0 Å². The Labute approximate surface area is 97.2 Å². The Hall–Kier alpha value is -0.680. The molecule has 0 aromatic heterocycles. The van der Waals surface area contributed by atoms with Crippen LogP contribution in [0.2, 0.25) is 0 Å². The molecule has 0 bridgehead atoms. The lowest BCUT2D eigenvalue weighted by Crippen LogP contribution is -2.43. The topological polar surface area (TPSA) is 58.4 Å². The summed E-state index contributed by atoms with van der Waals surface area (Å²) >= 11 is 4.76. The van der Waals surface area contributed by atoms with Crippen molar-refractivity contribution in [3.05, 3.63) is 0 Å². The Balaban J connectivity index is 3.88. The lowest BCUT2D eigenvalue weighted by atomic mass is 10.1. The summed E-state index contributed by atoms with van der Waals surface area (Å²) in [6.07, 6.45) is 0. The first kappa shape index (κ1) is 14.3. The third-order valence-electron chi connectivity index (χ3n) is 2.23. The van der Waals surface area contributed by atoms with Crippen molar-refractivity contribution in [2.45, 2.75) is 26.8 Å². The van der Waals surface area contributed by atoms with Gasteiger partial charge in [0.15, 0.2) is 0 Å². The number of nitrogens with one attached hydrogen (secondary N) is 1. The van der Waals surface area contributed by atoms with Crippen molar-refractivity contribution in [3.63, 3.8) is 0 Å². The Morgan fingerprint density at radius 3 is 2.33 bits per heavy atom. The average molecular weight is 231 g/mol. The summed E-state index contributed by atoms with van der Waals surface area (Å²) < 4.78 is 0. The predicted octanol–water partition coefficient (Wildman–Crippen LogP) is 0.365. The number of likely N-dealkylation sites (N-methyl/N-ethyl adjacent to an activating group) is 1. The van der Waals surface area contributed by atoms with E-state index >= 15 is 0 Å². The van der Waals surface area contributed by atoms with Crippen molar-refractivity contribution >= 4 is 23.1 Å². The maximum absolute atomic E-state index is 11.5. The van der Waals surface area contributed by atoms with Crippen LogP contribution in [-0.2, 0) is 4.79 Å². The summed E-state index contributed by atoms with van der Waals surface area (Å²) in [5, 5.41) is 2.92. The SMILES string of the molecule is CC(C)C(C)NC(=O)CN(C)CC(N)=S. The highest BCUT2D eigenvalue weighted by molar-refractivity contribution is 7.80. The molecule has 0 radical (unpaired) electrons. The zero-order valence-electron chi connectivity index (χ0n) is 9.91. The minimum Gasteiger partial charge on any atom is -0.392 e. The first-order chi connectivity index (χ1) is 6.82. The number of nitrogens with zero attached hydrogens (tertiary/aromatic N) is 1. The van der Waals surface area contributed by atoms with E-state index in [0.717, 1.165) is 0 Å². The number of thiocarbonyl (C=S) groups is 1. The number of hydrogen-bond acceptors (Lipinski definition) is 3. The van der Waals surface area contributed by atoms with Gasteiger partial charge in [-0.25, -0.2) is 0 Å². The van der Waals surface area contributed by atoms with E-state index in [9.17, 15) is 4.79 Å². The quantitative estimate of drug-likeness (QED) is 0.648. The van der Waals surface area contributed by atoms with E-state index in [2.05, 4.69) is 19.2 Å². The van der Waals surface area contributed by atoms with Crippen LogP contribution in [0.5, 0.6) is 0 Å². The summed E-state index contributed by atoms with van der Waals surface area (Å²) in [5.41, 5.74) is 5.38. The van der Waals surface area contributed by atoms with E-state index in [1.165, 1.54) is 0 Å². The number of amides is 1. The molecule has 1 amide bonds. The molecule has 0 aliphatic rings. The van der Waals surface area contributed by atoms with E-state index < -0.39 is 0 Å². The highest BCUT2D eigenvalue weighted by Crippen LogP contribution is 1.99. The van der Waals surface area contributed by atoms with Crippen LogP contribution in [0.1, 0.15) is 20.8 Å². The minimum absolute atomic E-state index is 0.00921. The van der Waals surface area contributed by atoms with Gasteiger partial charge in [0.25, 0.3) is 0 Å². The second kappa shape index (κ2) is 6.74. The molecule has 0 aliphatic carbocycles. The van der Waals surface area contributed by atoms with Gasteiger partial charge >= 0.3 is 0 Å². The molecule has 15 heavy (non-hydrogen) atoms. The molecule has 0 saturated carbocycles. The van der Waals surface area contributed by atoms with Crippen LogP contribution >= 0.6 is 12.2 Å². The van der Waals surface area contributed by atoms with Crippen molar-refractivity contribution in [1.82, 2.24) is 10.2 Å². The molecule has 0 aliphatic heterocycles. The lowest BCUT2D eigenvalue weighted by molar-refractivity contribution is -0.122. The highest BCUT2D eigenvalue weighted by Gasteiger charge is 2.12. The van der Waals surface area contributed by atoms with E-state index in [1.54, 1.807) is 4.90 Å². The number of rotatable bonds is 6. The maximum Gasteiger partial charge on any atom is 0.234 e. The average Bonchev–Trinajstić information content (AvgIpc) is 2.00. The highest BCUT2D eigenvalue weighted by atomic mass is 32.1. The molecule has 0 saturated heterocycles. The molecular weight excluding hydrogens is 210 g/mol. The molecule has 0 spiro atoms. The van der Waals surface area contributed by atoms with Gasteiger partial charge in [0, 0.05) is 12.6 Å². The van der Waals surface area contributed by atoms with Gasteiger partial charge in [0.1, 0.15) is 0 Å². The van der Waals surface area contributed by atoms with Crippen molar-refractivity contribution in [2.75, 3.05) is 20.1 Å². The van der Waals surface area contributed by atoms with Crippen molar-refractivity contribution in [3.8, 4) is 0 Å². The minimum atomic E-state index is 0.00921. The largest absolute Gasteiger partial charge is 0.392 e. The van der Waals surface area contributed by atoms with Crippen LogP contribution in [0, 0.1) is 5.92 Å².